The van der Waals surface area contributed by atoms with Gasteiger partial charge in [0.1, 0.15) is 9.46 Å². The lowest BCUT2D eigenvalue weighted by atomic mass is 10.2. The van der Waals surface area contributed by atoms with Crippen molar-refractivity contribution in [1.82, 2.24) is 10.3 Å². The average molecular weight is 338 g/mol. The number of nitrogens with zero attached hydrogens (tertiary/aromatic N) is 1. The second-order valence-electron chi connectivity index (χ2n) is 4.81. The van der Waals surface area contributed by atoms with Crippen LogP contribution in [0.1, 0.15) is 30.6 Å². The fourth-order valence-electron chi connectivity index (χ4n) is 2.06. The smallest absolute Gasteiger partial charge is 0.220 e. The maximum Gasteiger partial charge on any atom is 0.220 e. The van der Waals surface area contributed by atoms with Gasteiger partial charge in [-0.2, -0.15) is 0 Å². The van der Waals surface area contributed by atoms with Gasteiger partial charge < -0.3 is 5.32 Å². The van der Waals surface area contributed by atoms with E-state index in [1.54, 1.807) is 35.8 Å². The highest BCUT2D eigenvalue weighted by Gasteiger charge is 2.30. The van der Waals surface area contributed by atoms with Gasteiger partial charge in [-0.25, -0.2) is 8.42 Å². The van der Waals surface area contributed by atoms with Crippen molar-refractivity contribution in [2.24, 2.45) is 0 Å². The second-order valence-corrected chi connectivity index (χ2v) is 8.11. The molecule has 2 heterocycles. The highest BCUT2D eigenvalue weighted by molar-refractivity contribution is 7.93. The van der Waals surface area contributed by atoms with Crippen LogP contribution in [0.2, 0.25) is 0 Å². The Kier molecular flexibility index (Phi) is 5.68. The number of sulfone groups is 1. The zero-order valence-electron chi connectivity index (χ0n) is 12.2. The predicted octanol–water partition coefficient (Wildman–Crippen LogP) is 2.57. The van der Waals surface area contributed by atoms with Crippen LogP contribution in [0.4, 0.5) is 0 Å². The molecule has 0 aliphatic heterocycles. The first-order valence-corrected chi connectivity index (χ1v) is 9.42. The fraction of sp³-hybridized carbons (Fsp3) is 0.333. The number of thiophene rings is 1. The Balaban J connectivity index is 2.28. The molecule has 0 radical (unpaired) electrons. The summed E-state index contributed by atoms with van der Waals surface area (Å²) in [4.78, 5) is 15.7. The summed E-state index contributed by atoms with van der Waals surface area (Å²) in [6.45, 7) is 1.95. The third-order valence-electron chi connectivity index (χ3n) is 3.17. The molecule has 0 bridgehead atoms. The molecule has 0 fully saturated rings. The van der Waals surface area contributed by atoms with E-state index < -0.39 is 15.1 Å². The summed E-state index contributed by atoms with van der Waals surface area (Å²) in [5.74, 6) is -0.141. The molecular formula is C15H18N2O3S2. The number of rotatable bonds is 7. The van der Waals surface area contributed by atoms with Crippen molar-refractivity contribution in [1.29, 1.82) is 0 Å². The van der Waals surface area contributed by atoms with Gasteiger partial charge in [-0.1, -0.05) is 19.1 Å². The van der Waals surface area contributed by atoms with Gasteiger partial charge in [0.2, 0.25) is 5.91 Å². The molecule has 0 aliphatic rings. The van der Waals surface area contributed by atoms with Crippen molar-refractivity contribution < 1.29 is 13.2 Å². The zero-order chi connectivity index (χ0) is 16.0. The van der Waals surface area contributed by atoms with Crippen molar-refractivity contribution in [3.63, 3.8) is 0 Å². The van der Waals surface area contributed by atoms with E-state index in [1.807, 2.05) is 6.92 Å². The number of carbonyl (C=O) groups excluding carboxylic acids is 1. The summed E-state index contributed by atoms with van der Waals surface area (Å²) in [5, 5.41) is 3.60. The maximum atomic E-state index is 12.8. The summed E-state index contributed by atoms with van der Waals surface area (Å²) in [6.07, 6.45) is 4.23. The Labute approximate surface area is 134 Å². The zero-order valence-corrected chi connectivity index (χ0v) is 13.9. The second kappa shape index (κ2) is 7.51. The Hall–Kier alpha value is -1.73. The topological polar surface area (TPSA) is 76.1 Å². The minimum absolute atomic E-state index is 0.0464. The van der Waals surface area contributed by atoms with Gasteiger partial charge in [-0.15, -0.1) is 11.3 Å². The third-order valence-corrected chi connectivity index (χ3v) is 6.70. The molecule has 2 aromatic rings. The number of carbonyl (C=O) groups is 1. The Morgan fingerprint density at radius 3 is 2.77 bits per heavy atom. The van der Waals surface area contributed by atoms with Gasteiger partial charge in [-0.3, -0.25) is 9.78 Å². The van der Waals surface area contributed by atoms with Gasteiger partial charge in [-0.05, 0) is 29.5 Å². The van der Waals surface area contributed by atoms with Gasteiger partial charge in [0.25, 0.3) is 0 Å². The summed E-state index contributed by atoms with van der Waals surface area (Å²) < 4.78 is 25.9. The molecule has 2 aromatic heterocycles. The molecule has 5 nitrogen and oxygen atoms in total. The van der Waals surface area contributed by atoms with Crippen molar-refractivity contribution in [3.8, 4) is 0 Å². The molecule has 1 amide bonds. The normalized spacial score (nSPS) is 12.8. The molecule has 1 unspecified atom stereocenters. The Morgan fingerprint density at radius 2 is 2.18 bits per heavy atom. The average Bonchev–Trinajstić information content (AvgIpc) is 3.03. The molecule has 0 spiro atoms. The van der Waals surface area contributed by atoms with Crippen LogP contribution in [0, 0.1) is 0 Å². The number of amides is 1. The van der Waals surface area contributed by atoms with Crippen LogP contribution >= 0.6 is 11.3 Å². The van der Waals surface area contributed by atoms with Crippen molar-refractivity contribution in [2.75, 3.05) is 6.54 Å². The van der Waals surface area contributed by atoms with Crippen LogP contribution in [-0.4, -0.2) is 25.9 Å². The molecule has 0 aliphatic carbocycles. The summed E-state index contributed by atoms with van der Waals surface area (Å²) in [7, 11) is -3.56. The van der Waals surface area contributed by atoms with Crippen molar-refractivity contribution >= 4 is 27.1 Å². The Morgan fingerprint density at radius 1 is 1.36 bits per heavy atom. The van der Waals surface area contributed by atoms with Crippen molar-refractivity contribution in [2.45, 2.75) is 29.2 Å². The third kappa shape index (κ3) is 3.92. The van der Waals surface area contributed by atoms with E-state index in [9.17, 15) is 13.2 Å². The van der Waals surface area contributed by atoms with E-state index in [-0.39, 0.29) is 12.5 Å². The molecule has 0 saturated heterocycles. The van der Waals surface area contributed by atoms with Gasteiger partial charge in [0.05, 0.1) is 0 Å². The number of hydrogen-bond donors (Lipinski definition) is 1. The monoisotopic (exact) mass is 338 g/mol. The minimum atomic E-state index is -3.56. The van der Waals surface area contributed by atoms with Crippen molar-refractivity contribution in [3.05, 3.63) is 47.6 Å². The lowest BCUT2D eigenvalue weighted by Crippen LogP contribution is -2.31. The highest BCUT2D eigenvalue weighted by atomic mass is 32.2. The standard InChI is InChI=1S/C15H18N2O3S2/c1-2-5-14(18)17-11-13(12-6-3-8-16-10-12)22(19,20)15-7-4-9-21-15/h3-4,6-10,13H,2,5,11H2,1H3,(H,17,18). The van der Waals surface area contributed by atoms with E-state index in [4.69, 9.17) is 0 Å². The summed E-state index contributed by atoms with van der Waals surface area (Å²) >= 11 is 1.18. The van der Waals surface area contributed by atoms with Gasteiger partial charge in [0.15, 0.2) is 9.84 Å². The van der Waals surface area contributed by atoms with E-state index in [1.165, 1.54) is 17.5 Å². The summed E-state index contributed by atoms with van der Waals surface area (Å²) in [5.41, 5.74) is 0.577. The molecule has 0 saturated carbocycles. The lowest BCUT2D eigenvalue weighted by molar-refractivity contribution is -0.121. The van der Waals surface area contributed by atoms with E-state index in [2.05, 4.69) is 10.3 Å². The molecule has 1 N–H and O–H groups in total. The quantitative estimate of drug-likeness (QED) is 0.842. The molecule has 7 heteroatoms. The van der Waals surface area contributed by atoms with Crippen LogP contribution in [0.3, 0.4) is 0 Å². The van der Waals surface area contributed by atoms with E-state index in [0.717, 1.165) is 6.42 Å². The highest BCUT2D eigenvalue weighted by Crippen LogP contribution is 2.30. The molecule has 22 heavy (non-hydrogen) atoms. The molecule has 1 atom stereocenters. The first-order chi connectivity index (χ1) is 10.6. The lowest BCUT2D eigenvalue weighted by Gasteiger charge is -2.17. The van der Waals surface area contributed by atoms with Gasteiger partial charge >= 0.3 is 0 Å². The number of pyridine rings is 1. The van der Waals surface area contributed by atoms with Crippen LogP contribution in [-0.2, 0) is 14.6 Å². The largest absolute Gasteiger partial charge is 0.354 e. The van der Waals surface area contributed by atoms with Crippen LogP contribution in [0.15, 0.2) is 46.2 Å². The van der Waals surface area contributed by atoms with E-state index in [0.29, 0.717) is 16.2 Å². The number of nitrogens with one attached hydrogen (secondary N) is 1. The van der Waals surface area contributed by atoms with Crippen LogP contribution < -0.4 is 5.32 Å². The summed E-state index contributed by atoms with van der Waals surface area (Å²) in [6, 6.07) is 6.69. The molecular weight excluding hydrogens is 320 g/mol. The van der Waals surface area contributed by atoms with Gasteiger partial charge in [0, 0.05) is 25.4 Å². The fourth-order valence-corrected chi connectivity index (χ4v) is 4.91. The Bertz CT molecular complexity index is 698. The number of aromatic nitrogens is 1. The first kappa shape index (κ1) is 16.6. The number of hydrogen-bond acceptors (Lipinski definition) is 5. The predicted molar refractivity (Wildman–Crippen MR) is 86.4 cm³/mol. The van der Waals surface area contributed by atoms with Crippen LogP contribution in [0.25, 0.3) is 0 Å². The minimum Gasteiger partial charge on any atom is -0.354 e. The maximum absolute atomic E-state index is 12.8. The molecule has 2 rings (SSSR count). The van der Waals surface area contributed by atoms with E-state index >= 15 is 0 Å². The first-order valence-electron chi connectivity index (χ1n) is 6.99. The molecule has 0 aromatic carbocycles. The SMILES string of the molecule is CCCC(=O)NCC(c1cccnc1)S(=O)(=O)c1cccs1. The van der Waals surface area contributed by atoms with Crippen LogP contribution in [0.5, 0.6) is 0 Å². The molecule has 118 valence electrons.